The lowest BCUT2D eigenvalue weighted by atomic mass is 10.0. The molecule has 1 aliphatic rings. The van der Waals surface area contributed by atoms with Crippen molar-refractivity contribution >= 4 is 22.7 Å². The second-order valence-corrected chi connectivity index (χ2v) is 6.73. The van der Waals surface area contributed by atoms with Crippen molar-refractivity contribution in [2.75, 3.05) is 6.54 Å². The van der Waals surface area contributed by atoms with Gasteiger partial charge in [-0.25, -0.2) is 4.98 Å². The quantitative estimate of drug-likeness (QED) is 0.920. The molecule has 0 saturated carbocycles. The average molecular weight is 278 g/mol. The lowest BCUT2D eigenvalue weighted by molar-refractivity contribution is 0.628. The summed E-state index contributed by atoms with van der Waals surface area (Å²) >= 11 is 3.73. The second-order valence-electron chi connectivity index (χ2n) is 4.64. The number of thiophene rings is 1. The van der Waals surface area contributed by atoms with Crippen LogP contribution in [0.1, 0.15) is 46.3 Å². The first-order valence-electron chi connectivity index (χ1n) is 6.63. The van der Waals surface area contributed by atoms with Crippen LogP contribution in [0.5, 0.6) is 0 Å². The number of fused-ring (bicyclic) bond motifs is 1. The highest BCUT2D eigenvalue weighted by molar-refractivity contribution is 7.12. The molecule has 0 radical (unpaired) electrons. The van der Waals surface area contributed by atoms with Crippen molar-refractivity contribution < 1.29 is 0 Å². The van der Waals surface area contributed by atoms with Gasteiger partial charge in [-0.1, -0.05) is 13.0 Å². The van der Waals surface area contributed by atoms with Crippen LogP contribution in [0.4, 0.5) is 0 Å². The van der Waals surface area contributed by atoms with Gasteiger partial charge in [0.2, 0.25) is 0 Å². The highest BCUT2D eigenvalue weighted by Crippen LogP contribution is 2.33. The van der Waals surface area contributed by atoms with Crippen LogP contribution < -0.4 is 5.32 Å². The Morgan fingerprint density at radius 3 is 3.00 bits per heavy atom. The van der Waals surface area contributed by atoms with E-state index < -0.39 is 0 Å². The van der Waals surface area contributed by atoms with E-state index in [1.165, 1.54) is 46.1 Å². The van der Waals surface area contributed by atoms with Gasteiger partial charge in [0.05, 0.1) is 11.7 Å². The summed E-state index contributed by atoms with van der Waals surface area (Å²) in [6.07, 6.45) is 5.05. The zero-order chi connectivity index (χ0) is 12.4. The number of nitrogens with one attached hydrogen (secondary N) is 1. The minimum Gasteiger partial charge on any atom is -0.304 e. The van der Waals surface area contributed by atoms with Crippen molar-refractivity contribution in [3.8, 4) is 0 Å². The predicted octanol–water partition coefficient (Wildman–Crippen LogP) is 3.78. The Hall–Kier alpha value is -0.710. The van der Waals surface area contributed by atoms with Gasteiger partial charge in [0.1, 0.15) is 5.01 Å². The molecule has 0 bridgehead atoms. The van der Waals surface area contributed by atoms with E-state index in [1.807, 2.05) is 22.7 Å². The van der Waals surface area contributed by atoms with E-state index in [0.717, 1.165) is 6.54 Å². The maximum Gasteiger partial charge on any atom is 0.115 e. The molecule has 4 heteroatoms. The standard InChI is InChI=1S/C14H18N2S2/c1-2-15-13(12-8-5-9-17-12)14-16-10-6-3-4-7-11(10)18-14/h5,8-9,13,15H,2-4,6-7H2,1H3. The largest absolute Gasteiger partial charge is 0.304 e. The zero-order valence-corrected chi connectivity index (χ0v) is 12.2. The second kappa shape index (κ2) is 5.51. The lowest BCUT2D eigenvalue weighted by Gasteiger charge is -2.13. The molecule has 0 saturated heterocycles. The third-order valence-electron chi connectivity index (χ3n) is 3.35. The van der Waals surface area contributed by atoms with Gasteiger partial charge < -0.3 is 5.32 Å². The van der Waals surface area contributed by atoms with E-state index in [0.29, 0.717) is 6.04 Å². The van der Waals surface area contributed by atoms with E-state index in [4.69, 9.17) is 4.98 Å². The third kappa shape index (κ3) is 2.37. The van der Waals surface area contributed by atoms with Crippen LogP contribution in [0.3, 0.4) is 0 Å². The van der Waals surface area contributed by atoms with E-state index in [-0.39, 0.29) is 0 Å². The van der Waals surface area contributed by atoms with E-state index in [1.54, 1.807) is 0 Å². The molecule has 0 amide bonds. The summed E-state index contributed by atoms with van der Waals surface area (Å²) < 4.78 is 0. The maximum atomic E-state index is 4.89. The summed E-state index contributed by atoms with van der Waals surface area (Å²) in [7, 11) is 0. The normalized spacial score (nSPS) is 16.5. The first-order chi connectivity index (χ1) is 8.88. The molecule has 1 atom stereocenters. The topological polar surface area (TPSA) is 24.9 Å². The minimum absolute atomic E-state index is 0.297. The molecule has 0 fully saturated rings. The molecule has 0 aliphatic heterocycles. The summed E-state index contributed by atoms with van der Waals surface area (Å²) in [5, 5.41) is 6.97. The summed E-state index contributed by atoms with van der Waals surface area (Å²) in [5.41, 5.74) is 1.36. The summed E-state index contributed by atoms with van der Waals surface area (Å²) in [4.78, 5) is 7.79. The summed E-state index contributed by atoms with van der Waals surface area (Å²) in [5.74, 6) is 0. The van der Waals surface area contributed by atoms with Gasteiger partial charge in [0.15, 0.2) is 0 Å². The number of thiazole rings is 1. The minimum atomic E-state index is 0.297. The predicted molar refractivity (Wildman–Crippen MR) is 78.6 cm³/mol. The number of aromatic nitrogens is 1. The van der Waals surface area contributed by atoms with E-state index in [9.17, 15) is 0 Å². The van der Waals surface area contributed by atoms with Crippen LogP contribution in [0.2, 0.25) is 0 Å². The Bertz CT molecular complexity index is 478. The first kappa shape index (κ1) is 12.3. The highest BCUT2D eigenvalue weighted by atomic mass is 32.1. The molecule has 1 aliphatic carbocycles. The molecule has 2 nitrogen and oxygen atoms in total. The molecule has 2 heterocycles. The first-order valence-corrected chi connectivity index (χ1v) is 8.33. The van der Waals surface area contributed by atoms with Gasteiger partial charge >= 0.3 is 0 Å². The average Bonchev–Trinajstić information content (AvgIpc) is 3.04. The molecule has 1 unspecified atom stereocenters. The molecular weight excluding hydrogens is 260 g/mol. The number of nitrogens with zero attached hydrogens (tertiary/aromatic N) is 1. The van der Waals surface area contributed by atoms with E-state index in [2.05, 4.69) is 29.8 Å². The van der Waals surface area contributed by atoms with Gasteiger partial charge in [-0.2, -0.15) is 0 Å². The van der Waals surface area contributed by atoms with Gasteiger partial charge in [-0.15, -0.1) is 22.7 Å². The van der Waals surface area contributed by atoms with Gasteiger partial charge in [0.25, 0.3) is 0 Å². The Labute approximate surface area is 116 Å². The Balaban J connectivity index is 1.92. The number of hydrogen-bond acceptors (Lipinski definition) is 4. The molecule has 2 aromatic heterocycles. The van der Waals surface area contributed by atoms with Crippen LogP contribution in [0.15, 0.2) is 17.5 Å². The van der Waals surface area contributed by atoms with Gasteiger partial charge in [0, 0.05) is 9.75 Å². The van der Waals surface area contributed by atoms with Crippen LogP contribution in [-0.4, -0.2) is 11.5 Å². The Kier molecular flexibility index (Phi) is 3.77. The summed E-state index contributed by atoms with van der Waals surface area (Å²) in [6, 6.07) is 4.63. The molecule has 18 heavy (non-hydrogen) atoms. The van der Waals surface area contributed by atoms with Crippen LogP contribution in [0, 0.1) is 0 Å². The van der Waals surface area contributed by atoms with Crippen molar-refractivity contribution in [1.29, 1.82) is 0 Å². The molecule has 3 rings (SSSR count). The summed E-state index contributed by atoms with van der Waals surface area (Å²) in [6.45, 7) is 3.14. The number of aryl methyl sites for hydroxylation is 2. The Morgan fingerprint density at radius 1 is 1.39 bits per heavy atom. The fourth-order valence-electron chi connectivity index (χ4n) is 2.46. The fourth-order valence-corrected chi connectivity index (χ4v) is 4.59. The van der Waals surface area contributed by atoms with Gasteiger partial charge in [-0.05, 0) is 43.7 Å². The maximum absolute atomic E-state index is 4.89. The van der Waals surface area contributed by atoms with Gasteiger partial charge in [-0.3, -0.25) is 0 Å². The number of hydrogen-bond donors (Lipinski definition) is 1. The highest BCUT2D eigenvalue weighted by Gasteiger charge is 2.22. The van der Waals surface area contributed by atoms with Crippen LogP contribution >= 0.6 is 22.7 Å². The van der Waals surface area contributed by atoms with Crippen molar-refractivity contribution in [2.24, 2.45) is 0 Å². The van der Waals surface area contributed by atoms with Crippen molar-refractivity contribution in [1.82, 2.24) is 10.3 Å². The Morgan fingerprint density at radius 2 is 2.28 bits per heavy atom. The monoisotopic (exact) mass is 278 g/mol. The molecule has 2 aromatic rings. The van der Waals surface area contributed by atoms with Crippen molar-refractivity contribution in [3.63, 3.8) is 0 Å². The molecule has 0 aromatic carbocycles. The van der Waals surface area contributed by atoms with E-state index >= 15 is 0 Å². The lowest BCUT2D eigenvalue weighted by Crippen LogP contribution is -2.20. The number of rotatable bonds is 4. The molecule has 0 spiro atoms. The SMILES string of the molecule is CCNC(c1cccs1)c1nc2c(s1)CCCC2. The smallest absolute Gasteiger partial charge is 0.115 e. The van der Waals surface area contributed by atoms with Crippen LogP contribution in [0.25, 0.3) is 0 Å². The molecule has 1 N–H and O–H groups in total. The molecule has 96 valence electrons. The fraction of sp³-hybridized carbons (Fsp3) is 0.500. The molecular formula is C14H18N2S2. The third-order valence-corrected chi connectivity index (χ3v) is 5.50. The van der Waals surface area contributed by atoms with Crippen molar-refractivity contribution in [2.45, 2.75) is 38.6 Å². The zero-order valence-electron chi connectivity index (χ0n) is 10.6. The van der Waals surface area contributed by atoms with Crippen LogP contribution in [-0.2, 0) is 12.8 Å². The van der Waals surface area contributed by atoms with Crippen molar-refractivity contribution in [3.05, 3.63) is 38.0 Å².